The number of rotatable bonds is 5. The Hall–Kier alpha value is -2.86. The molecule has 1 aromatic heterocycles. The topological polar surface area (TPSA) is 77.2 Å². The number of aryl methyl sites for hydroxylation is 1. The highest BCUT2D eigenvalue weighted by Crippen LogP contribution is 2.19. The van der Waals surface area contributed by atoms with E-state index < -0.39 is 17.9 Å². The molecule has 6 heteroatoms. The number of anilines is 1. The number of aromatic nitrogens is 1. The van der Waals surface area contributed by atoms with E-state index in [1.807, 2.05) is 30.5 Å². The Morgan fingerprint density at radius 2 is 2.08 bits per heavy atom. The van der Waals surface area contributed by atoms with E-state index >= 15 is 0 Å². The Bertz CT molecular complexity index is 891. The van der Waals surface area contributed by atoms with Gasteiger partial charge < -0.3 is 20.7 Å². The number of carbonyl (C=O) groups is 1. The highest BCUT2D eigenvalue weighted by molar-refractivity contribution is 5.89. The SMILES string of the molecule is Cc1ccc(NC(=O)N[C@@H](CO)Cc2c[nH]c3ccccc23)c(F)c1. The van der Waals surface area contributed by atoms with Crippen molar-refractivity contribution in [2.45, 2.75) is 19.4 Å². The second-order valence-corrected chi connectivity index (χ2v) is 6.02. The molecule has 1 atom stereocenters. The zero-order valence-corrected chi connectivity index (χ0v) is 13.8. The van der Waals surface area contributed by atoms with E-state index in [1.54, 1.807) is 13.0 Å². The summed E-state index contributed by atoms with van der Waals surface area (Å²) in [5, 5.41) is 15.8. The van der Waals surface area contributed by atoms with Gasteiger partial charge in [0.25, 0.3) is 0 Å². The van der Waals surface area contributed by atoms with Crippen molar-refractivity contribution >= 4 is 22.6 Å². The van der Waals surface area contributed by atoms with E-state index in [1.165, 1.54) is 12.1 Å². The summed E-state index contributed by atoms with van der Waals surface area (Å²) in [5.41, 5.74) is 2.87. The van der Waals surface area contributed by atoms with Gasteiger partial charge in [-0.2, -0.15) is 0 Å². The molecule has 0 spiro atoms. The molecule has 3 aromatic rings. The monoisotopic (exact) mass is 341 g/mol. The standard InChI is InChI=1S/C19H20FN3O2/c1-12-6-7-18(16(20)8-12)23-19(25)22-14(11-24)9-13-10-21-17-5-3-2-4-15(13)17/h2-8,10,14,21,24H,9,11H2,1H3,(H2,22,23,25)/t14-/m1/s1. The van der Waals surface area contributed by atoms with Crippen molar-refractivity contribution in [3.05, 3.63) is 65.6 Å². The van der Waals surface area contributed by atoms with Gasteiger partial charge in [-0.3, -0.25) is 0 Å². The minimum Gasteiger partial charge on any atom is -0.394 e. The molecule has 4 N–H and O–H groups in total. The average molecular weight is 341 g/mol. The summed E-state index contributed by atoms with van der Waals surface area (Å²) >= 11 is 0. The summed E-state index contributed by atoms with van der Waals surface area (Å²) in [5.74, 6) is -0.493. The molecule has 0 aliphatic heterocycles. The molecule has 2 aromatic carbocycles. The molecule has 0 saturated heterocycles. The highest BCUT2D eigenvalue weighted by Gasteiger charge is 2.15. The lowest BCUT2D eigenvalue weighted by Gasteiger charge is -2.17. The lowest BCUT2D eigenvalue weighted by Crippen LogP contribution is -2.41. The van der Waals surface area contributed by atoms with Crippen LogP contribution in [-0.4, -0.2) is 28.8 Å². The van der Waals surface area contributed by atoms with Gasteiger partial charge in [-0.05, 0) is 42.7 Å². The van der Waals surface area contributed by atoms with Crippen LogP contribution in [0.4, 0.5) is 14.9 Å². The van der Waals surface area contributed by atoms with E-state index in [4.69, 9.17) is 0 Å². The van der Waals surface area contributed by atoms with Crippen LogP contribution in [0.3, 0.4) is 0 Å². The predicted molar refractivity (Wildman–Crippen MR) is 96.2 cm³/mol. The lowest BCUT2D eigenvalue weighted by atomic mass is 10.1. The van der Waals surface area contributed by atoms with Crippen LogP contribution in [-0.2, 0) is 6.42 Å². The molecule has 3 rings (SSSR count). The Morgan fingerprint density at radius 1 is 1.28 bits per heavy atom. The summed E-state index contributed by atoms with van der Waals surface area (Å²) in [6.07, 6.45) is 2.33. The molecule has 130 valence electrons. The smallest absolute Gasteiger partial charge is 0.319 e. The van der Waals surface area contributed by atoms with E-state index in [9.17, 15) is 14.3 Å². The maximum Gasteiger partial charge on any atom is 0.319 e. The van der Waals surface area contributed by atoms with E-state index in [-0.39, 0.29) is 12.3 Å². The highest BCUT2D eigenvalue weighted by atomic mass is 19.1. The summed E-state index contributed by atoms with van der Waals surface area (Å²) in [6.45, 7) is 1.55. The molecule has 1 heterocycles. The van der Waals surface area contributed by atoms with Gasteiger partial charge in [0.05, 0.1) is 18.3 Å². The first-order valence-corrected chi connectivity index (χ1v) is 8.06. The molecule has 0 radical (unpaired) electrons. The summed E-state index contributed by atoms with van der Waals surface area (Å²) < 4.78 is 13.8. The van der Waals surface area contributed by atoms with Crippen molar-refractivity contribution < 1.29 is 14.3 Å². The predicted octanol–water partition coefficient (Wildman–Crippen LogP) is 3.34. The second-order valence-electron chi connectivity index (χ2n) is 6.02. The van der Waals surface area contributed by atoms with Crippen LogP contribution < -0.4 is 10.6 Å². The number of para-hydroxylation sites is 1. The first-order valence-electron chi connectivity index (χ1n) is 8.06. The number of hydrogen-bond acceptors (Lipinski definition) is 2. The van der Waals surface area contributed by atoms with Crippen LogP contribution in [0.1, 0.15) is 11.1 Å². The van der Waals surface area contributed by atoms with Crippen molar-refractivity contribution in [2.24, 2.45) is 0 Å². The molecule has 0 saturated carbocycles. The number of hydrogen-bond donors (Lipinski definition) is 4. The quantitative estimate of drug-likeness (QED) is 0.574. The normalized spacial score (nSPS) is 12.1. The number of H-pyrrole nitrogens is 1. The number of fused-ring (bicyclic) bond motifs is 1. The Labute approximate surface area is 144 Å². The van der Waals surface area contributed by atoms with Crippen LogP contribution in [0.15, 0.2) is 48.7 Å². The number of urea groups is 1. The molecular weight excluding hydrogens is 321 g/mol. The van der Waals surface area contributed by atoms with Gasteiger partial charge in [0.2, 0.25) is 0 Å². The third-order valence-electron chi connectivity index (χ3n) is 4.07. The van der Waals surface area contributed by atoms with Crippen LogP contribution in [0.5, 0.6) is 0 Å². The maximum atomic E-state index is 13.8. The first-order chi connectivity index (χ1) is 12.1. The van der Waals surface area contributed by atoms with Crippen molar-refractivity contribution in [3.63, 3.8) is 0 Å². The molecule has 0 fully saturated rings. The first kappa shape index (κ1) is 17.0. The molecule has 5 nitrogen and oxygen atoms in total. The summed E-state index contributed by atoms with van der Waals surface area (Å²) in [4.78, 5) is 15.3. The van der Waals surface area contributed by atoms with Crippen molar-refractivity contribution in [2.75, 3.05) is 11.9 Å². The fraction of sp³-hybridized carbons (Fsp3) is 0.211. The van der Waals surface area contributed by atoms with Crippen LogP contribution in [0.25, 0.3) is 10.9 Å². The lowest BCUT2D eigenvalue weighted by molar-refractivity contribution is 0.224. The van der Waals surface area contributed by atoms with Gasteiger partial charge in [-0.1, -0.05) is 24.3 Å². The van der Waals surface area contributed by atoms with Crippen LogP contribution >= 0.6 is 0 Å². The van der Waals surface area contributed by atoms with Gasteiger partial charge in [0.15, 0.2) is 0 Å². The van der Waals surface area contributed by atoms with Gasteiger partial charge >= 0.3 is 6.03 Å². The number of nitrogens with one attached hydrogen (secondary N) is 3. The van der Waals surface area contributed by atoms with Gasteiger partial charge in [-0.15, -0.1) is 0 Å². The zero-order chi connectivity index (χ0) is 17.8. The minimum absolute atomic E-state index is 0.104. The third-order valence-corrected chi connectivity index (χ3v) is 4.07. The van der Waals surface area contributed by atoms with Crippen molar-refractivity contribution in [1.82, 2.24) is 10.3 Å². The average Bonchev–Trinajstić information content (AvgIpc) is 3.00. The largest absolute Gasteiger partial charge is 0.394 e. The Kier molecular flexibility index (Phi) is 5.00. The third kappa shape index (κ3) is 3.97. The molecule has 0 aliphatic carbocycles. The van der Waals surface area contributed by atoms with Crippen LogP contribution in [0.2, 0.25) is 0 Å². The minimum atomic E-state index is -0.554. The van der Waals surface area contributed by atoms with Gasteiger partial charge in [0, 0.05) is 17.1 Å². The van der Waals surface area contributed by atoms with E-state index in [0.717, 1.165) is 22.0 Å². The number of amides is 2. The molecule has 0 unspecified atom stereocenters. The molecule has 0 bridgehead atoms. The number of aliphatic hydroxyl groups excluding tert-OH is 1. The van der Waals surface area contributed by atoms with Crippen molar-refractivity contribution in [3.8, 4) is 0 Å². The van der Waals surface area contributed by atoms with Crippen LogP contribution in [0, 0.1) is 12.7 Å². The Balaban J connectivity index is 1.66. The maximum absolute atomic E-state index is 13.8. The Morgan fingerprint density at radius 3 is 2.84 bits per heavy atom. The van der Waals surface area contributed by atoms with E-state index in [0.29, 0.717) is 6.42 Å². The number of aromatic amines is 1. The number of carbonyl (C=O) groups excluding carboxylic acids is 1. The molecular formula is C19H20FN3O2. The fourth-order valence-electron chi connectivity index (χ4n) is 2.79. The fourth-order valence-corrected chi connectivity index (χ4v) is 2.79. The van der Waals surface area contributed by atoms with E-state index in [2.05, 4.69) is 15.6 Å². The number of aliphatic hydroxyl groups is 1. The van der Waals surface area contributed by atoms with Gasteiger partial charge in [0.1, 0.15) is 5.82 Å². The molecule has 0 aliphatic rings. The molecule has 25 heavy (non-hydrogen) atoms. The second kappa shape index (κ2) is 7.36. The zero-order valence-electron chi connectivity index (χ0n) is 13.8. The van der Waals surface area contributed by atoms with Gasteiger partial charge in [-0.25, -0.2) is 9.18 Å². The number of halogens is 1. The molecule has 2 amide bonds. The summed E-state index contributed by atoms with van der Waals surface area (Å²) in [7, 11) is 0. The summed E-state index contributed by atoms with van der Waals surface area (Å²) in [6, 6.07) is 11.4. The number of benzene rings is 2. The van der Waals surface area contributed by atoms with Crippen molar-refractivity contribution in [1.29, 1.82) is 0 Å².